The lowest BCUT2D eigenvalue weighted by Gasteiger charge is -2.32. The molecule has 2 heterocycles. The van der Waals surface area contributed by atoms with Crippen LogP contribution in [-0.2, 0) is 6.54 Å². The highest BCUT2D eigenvalue weighted by molar-refractivity contribution is 14.0. The van der Waals surface area contributed by atoms with Gasteiger partial charge in [-0.25, -0.2) is 0 Å². The first-order chi connectivity index (χ1) is 12.1. The fraction of sp³-hybridized carbons (Fsp3) is 0.684. The number of piperidine rings is 1. The Morgan fingerprint density at radius 1 is 1.35 bits per heavy atom. The Bertz CT molecular complexity index is 586. The Labute approximate surface area is 175 Å². The number of pyridine rings is 1. The third kappa shape index (κ3) is 6.26. The van der Waals surface area contributed by atoms with E-state index in [1.807, 2.05) is 20.2 Å². The summed E-state index contributed by atoms with van der Waals surface area (Å²) in [6.45, 7) is 10.5. The van der Waals surface area contributed by atoms with Crippen LogP contribution >= 0.6 is 24.0 Å². The first kappa shape index (κ1) is 23.0. The van der Waals surface area contributed by atoms with Crippen molar-refractivity contribution in [3.8, 4) is 5.75 Å². The van der Waals surface area contributed by atoms with Gasteiger partial charge in [-0.05, 0) is 39.7 Å². The van der Waals surface area contributed by atoms with Crippen LogP contribution < -0.4 is 15.4 Å². The van der Waals surface area contributed by atoms with Crippen LogP contribution in [0.15, 0.2) is 11.2 Å². The second-order valence-electron chi connectivity index (χ2n) is 6.73. The molecule has 1 fully saturated rings. The summed E-state index contributed by atoms with van der Waals surface area (Å²) in [7, 11) is 3.52. The van der Waals surface area contributed by atoms with Crippen LogP contribution in [0, 0.1) is 13.8 Å². The summed E-state index contributed by atoms with van der Waals surface area (Å²) in [5.41, 5.74) is 3.13. The van der Waals surface area contributed by atoms with Crippen LogP contribution in [0.4, 0.5) is 0 Å². The number of guanidine groups is 1. The summed E-state index contributed by atoms with van der Waals surface area (Å²) in [5.74, 6) is 1.76. The number of nitrogens with zero attached hydrogens (tertiary/aromatic N) is 3. The minimum Gasteiger partial charge on any atom is -0.496 e. The van der Waals surface area contributed by atoms with Gasteiger partial charge >= 0.3 is 0 Å². The predicted octanol–water partition coefficient (Wildman–Crippen LogP) is 2.86. The molecular weight excluding hydrogens is 441 g/mol. The van der Waals surface area contributed by atoms with Crippen molar-refractivity contribution in [1.82, 2.24) is 20.5 Å². The number of rotatable bonds is 6. The minimum absolute atomic E-state index is 0. The molecule has 26 heavy (non-hydrogen) atoms. The fourth-order valence-electron chi connectivity index (χ4n) is 3.42. The number of hydrogen-bond acceptors (Lipinski definition) is 4. The van der Waals surface area contributed by atoms with Crippen LogP contribution in [0.2, 0.25) is 0 Å². The van der Waals surface area contributed by atoms with E-state index in [0.717, 1.165) is 41.4 Å². The van der Waals surface area contributed by atoms with Gasteiger partial charge in [-0.15, -0.1) is 24.0 Å². The molecule has 7 heteroatoms. The van der Waals surface area contributed by atoms with Gasteiger partial charge in [0.25, 0.3) is 0 Å². The molecule has 0 unspecified atom stereocenters. The number of ether oxygens (including phenoxy) is 1. The number of aromatic nitrogens is 1. The zero-order valence-corrected chi connectivity index (χ0v) is 19.1. The molecule has 1 aliphatic heterocycles. The lowest BCUT2D eigenvalue weighted by atomic mass is 10.1. The van der Waals surface area contributed by atoms with Gasteiger partial charge < -0.3 is 20.3 Å². The van der Waals surface area contributed by atoms with Crippen molar-refractivity contribution >= 4 is 29.9 Å². The number of aryl methyl sites for hydroxylation is 1. The summed E-state index contributed by atoms with van der Waals surface area (Å²) in [5, 5.41) is 6.94. The van der Waals surface area contributed by atoms with E-state index in [-0.39, 0.29) is 24.0 Å². The Kier molecular flexibility index (Phi) is 10.2. The molecule has 0 spiro atoms. The molecule has 0 bridgehead atoms. The van der Waals surface area contributed by atoms with Gasteiger partial charge in [-0.3, -0.25) is 9.98 Å². The fourth-order valence-corrected chi connectivity index (χ4v) is 3.42. The van der Waals surface area contributed by atoms with Crippen LogP contribution in [0.25, 0.3) is 0 Å². The van der Waals surface area contributed by atoms with Crippen LogP contribution in [0.3, 0.4) is 0 Å². The largest absolute Gasteiger partial charge is 0.496 e. The quantitative estimate of drug-likeness (QED) is 0.377. The van der Waals surface area contributed by atoms with Gasteiger partial charge in [0.2, 0.25) is 0 Å². The first-order valence-corrected chi connectivity index (χ1v) is 9.27. The number of methoxy groups -OCH3 is 1. The molecule has 6 nitrogen and oxygen atoms in total. The van der Waals surface area contributed by atoms with Gasteiger partial charge in [-0.2, -0.15) is 0 Å². The highest BCUT2D eigenvalue weighted by atomic mass is 127. The number of likely N-dealkylation sites (tertiary alicyclic amines) is 1. The zero-order chi connectivity index (χ0) is 18.2. The lowest BCUT2D eigenvalue weighted by Crippen LogP contribution is -2.48. The van der Waals surface area contributed by atoms with E-state index in [2.05, 4.69) is 39.4 Å². The highest BCUT2D eigenvalue weighted by Gasteiger charge is 2.19. The molecule has 1 aliphatic rings. The topological polar surface area (TPSA) is 61.8 Å². The number of aliphatic imine (C=N–C) groups is 1. The molecule has 0 atom stereocenters. The van der Waals surface area contributed by atoms with Gasteiger partial charge in [0.05, 0.1) is 19.3 Å². The second kappa shape index (κ2) is 11.6. The Morgan fingerprint density at radius 3 is 2.62 bits per heavy atom. The van der Waals surface area contributed by atoms with Crippen molar-refractivity contribution in [1.29, 1.82) is 0 Å². The number of halogens is 1. The van der Waals surface area contributed by atoms with Crippen LogP contribution in [0.5, 0.6) is 5.75 Å². The van der Waals surface area contributed by atoms with Gasteiger partial charge in [0.15, 0.2) is 5.96 Å². The second-order valence-corrected chi connectivity index (χ2v) is 6.73. The maximum Gasteiger partial charge on any atom is 0.191 e. The van der Waals surface area contributed by atoms with Crippen molar-refractivity contribution in [3.05, 3.63) is 23.0 Å². The Morgan fingerprint density at radius 2 is 2.04 bits per heavy atom. The third-order valence-corrected chi connectivity index (χ3v) is 4.86. The molecule has 2 N–H and O–H groups in total. The smallest absolute Gasteiger partial charge is 0.191 e. The third-order valence-electron chi connectivity index (χ3n) is 4.86. The molecule has 1 saturated heterocycles. The number of hydrogen-bond donors (Lipinski definition) is 2. The van der Waals surface area contributed by atoms with E-state index in [1.54, 1.807) is 7.11 Å². The van der Waals surface area contributed by atoms with Crippen molar-refractivity contribution in [2.75, 3.05) is 33.8 Å². The standard InChI is InChI=1S/C19H33N5O.HI/c1-6-9-24-10-7-16(8-11-24)23-19(20-4)22-13-17-15(3)18(25-5)14(2)12-21-17;/h12,16H,6-11,13H2,1-5H3,(H2,20,22,23);1H. The van der Waals surface area contributed by atoms with E-state index in [0.29, 0.717) is 12.6 Å². The van der Waals surface area contributed by atoms with E-state index < -0.39 is 0 Å². The molecule has 1 aromatic heterocycles. The molecule has 0 radical (unpaired) electrons. The molecule has 148 valence electrons. The van der Waals surface area contributed by atoms with Crippen molar-refractivity contribution in [2.45, 2.75) is 52.6 Å². The molecule has 0 amide bonds. The maximum atomic E-state index is 5.48. The zero-order valence-electron chi connectivity index (χ0n) is 16.8. The SMILES string of the molecule is CCCN1CCC(NC(=NC)NCc2ncc(C)c(OC)c2C)CC1.I. The van der Waals surface area contributed by atoms with Gasteiger partial charge in [-0.1, -0.05) is 6.92 Å². The summed E-state index contributed by atoms with van der Waals surface area (Å²) >= 11 is 0. The summed E-state index contributed by atoms with van der Waals surface area (Å²) < 4.78 is 5.48. The lowest BCUT2D eigenvalue weighted by molar-refractivity contribution is 0.206. The minimum atomic E-state index is 0. The highest BCUT2D eigenvalue weighted by Crippen LogP contribution is 2.23. The Balaban J connectivity index is 0.00000338. The maximum absolute atomic E-state index is 5.48. The predicted molar refractivity (Wildman–Crippen MR) is 119 cm³/mol. The molecule has 2 rings (SSSR count). The number of nitrogens with one attached hydrogen (secondary N) is 2. The van der Waals surface area contributed by atoms with Crippen LogP contribution in [-0.4, -0.2) is 55.7 Å². The summed E-state index contributed by atoms with van der Waals surface area (Å²) in [6, 6.07) is 0.487. The molecular formula is C19H34IN5O. The van der Waals surface area contributed by atoms with Gasteiger partial charge in [0, 0.05) is 43.5 Å². The molecule has 0 aromatic carbocycles. The summed E-state index contributed by atoms with van der Waals surface area (Å²) in [6.07, 6.45) is 5.42. The Hall–Kier alpha value is -1.09. The normalized spacial score (nSPS) is 16.1. The van der Waals surface area contributed by atoms with Crippen molar-refractivity contribution in [2.24, 2.45) is 4.99 Å². The average molecular weight is 475 g/mol. The monoisotopic (exact) mass is 475 g/mol. The molecule has 0 aliphatic carbocycles. The van der Waals surface area contributed by atoms with Gasteiger partial charge in [0.1, 0.15) is 5.75 Å². The van der Waals surface area contributed by atoms with Crippen molar-refractivity contribution < 1.29 is 4.74 Å². The van der Waals surface area contributed by atoms with E-state index >= 15 is 0 Å². The van der Waals surface area contributed by atoms with Crippen molar-refractivity contribution in [3.63, 3.8) is 0 Å². The van der Waals surface area contributed by atoms with Crippen LogP contribution in [0.1, 0.15) is 43.0 Å². The van der Waals surface area contributed by atoms with E-state index in [9.17, 15) is 0 Å². The summed E-state index contributed by atoms with van der Waals surface area (Å²) in [4.78, 5) is 11.4. The molecule has 1 aromatic rings. The van der Waals surface area contributed by atoms with E-state index in [4.69, 9.17) is 4.74 Å². The average Bonchev–Trinajstić information content (AvgIpc) is 2.62. The first-order valence-electron chi connectivity index (χ1n) is 9.27. The molecule has 0 saturated carbocycles. The van der Waals surface area contributed by atoms with E-state index in [1.165, 1.54) is 26.1 Å².